The van der Waals surface area contributed by atoms with Crippen LogP contribution in [-0.4, -0.2) is 10.9 Å². The van der Waals surface area contributed by atoms with Crippen LogP contribution in [0.25, 0.3) is 6.08 Å². The third kappa shape index (κ3) is 4.58. The third-order valence-electron chi connectivity index (χ3n) is 3.69. The van der Waals surface area contributed by atoms with Gasteiger partial charge in [-0.3, -0.25) is 4.79 Å². The van der Waals surface area contributed by atoms with E-state index in [0.29, 0.717) is 17.9 Å². The highest BCUT2D eigenvalue weighted by Crippen LogP contribution is 2.21. The number of benzene rings is 3. The minimum absolute atomic E-state index is 0.146. The van der Waals surface area contributed by atoms with Crippen LogP contribution in [0.4, 0.5) is 0 Å². The second kappa shape index (κ2) is 7.97. The van der Waals surface area contributed by atoms with Crippen LogP contribution >= 0.6 is 0 Å². The van der Waals surface area contributed by atoms with E-state index in [1.54, 1.807) is 36.4 Å². The summed E-state index contributed by atoms with van der Waals surface area (Å²) < 4.78 is 5.82. The lowest BCUT2D eigenvalue weighted by Crippen LogP contribution is -2.02. The van der Waals surface area contributed by atoms with Crippen molar-refractivity contribution in [1.29, 1.82) is 0 Å². The predicted molar refractivity (Wildman–Crippen MR) is 98.7 cm³/mol. The number of hydrogen-bond acceptors (Lipinski definition) is 3. The second-order valence-electron chi connectivity index (χ2n) is 5.56. The number of hydrogen-bond donors (Lipinski definition) is 1. The average molecular weight is 330 g/mol. The molecule has 0 aliphatic rings. The van der Waals surface area contributed by atoms with E-state index in [2.05, 4.69) is 0 Å². The van der Waals surface area contributed by atoms with Crippen molar-refractivity contribution in [3.63, 3.8) is 0 Å². The average Bonchev–Trinajstić information content (AvgIpc) is 2.65. The number of ether oxygens (including phenoxy) is 1. The fourth-order valence-electron chi connectivity index (χ4n) is 2.42. The summed E-state index contributed by atoms with van der Waals surface area (Å²) in [4.78, 5) is 12.5. The molecular weight excluding hydrogens is 312 g/mol. The fourth-order valence-corrected chi connectivity index (χ4v) is 2.42. The molecule has 0 unspecified atom stereocenters. The van der Waals surface area contributed by atoms with Gasteiger partial charge in [-0.25, -0.2) is 0 Å². The summed E-state index contributed by atoms with van der Waals surface area (Å²) in [7, 11) is 0. The quantitative estimate of drug-likeness (QED) is 0.518. The topological polar surface area (TPSA) is 46.5 Å². The summed E-state index contributed by atoms with van der Waals surface area (Å²) in [6.07, 6.45) is 3.16. The van der Waals surface area contributed by atoms with Crippen molar-refractivity contribution in [2.45, 2.75) is 6.61 Å². The van der Waals surface area contributed by atoms with Crippen molar-refractivity contribution in [2.75, 3.05) is 0 Å². The number of phenolic OH excluding ortho intramolecular Hbond substituents is 1. The van der Waals surface area contributed by atoms with Crippen LogP contribution in [0.15, 0.2) is 84.9 Å². The van der Waals surface area contributed by atoms with E-state index >= 15 is 0 Å². The third-order valence-corrected chi connectivity index (χ3v) is 3.69. The van der Waals surface area contributed by atoms with Crippen LogP contribution in [0.2, 0.25) is 0 Å². The zero-order valence-corrected chi connectivity index (χ0v) is 13.6. The molecule has 0 amide bonds. The number of carbonyl (C=O) groups excluding carboxylic acids is 1. The molecule has 124 valence electrons. The first-order valence-electron chi connectivity index (χ1n) is 7.99. The molecule has 1 N–H and O–H groups in total. The van der Waals surface area contributed by atoms with E-state index in [1.165, 1.54) is 6.08 Å². The lowest BCUT2D eigenvalue weighted by Gasteiger charge is -2.09. The fraction of sp³-hybridized carbons (Fsp3) is 0.0455. The number of phenols is 1. The van der Waals surface area contributed by atoms with E-state index in [1.807, 2.05) is 48.5 Å². The van der Waals surface area contributed by atoms with Gasteiger partial charge in [0.2, 0.25) is 0 Å². The van der Waals surface area contributed by atoms with Crippen LogP contribution in [0.1, 0.15) is 21.5 Å². The van der Waals surface area contributed by atoms with Crippen molar-refractivity contribution in [1.82, 2.24) is 0 Å². The Morgan fingerprint density at radius 2 is 1.68 bits per heavy atom. The van der Waals surface area contributed by atoms with Crippen LogP contribution in [-0.2, 0) is 6.61 Å². The number of allylic oxidation sites excluding steroid dienone is 1. The monoisotopic (exact) mass is 330 g/mol. The molecule has 0 saturated carbocycles. The van der Waals surface area contributed by atoms with Crippen molar-refractivity contribution in [3.8, 4) is 11.5 Å². The molecule has 3 nitrogen and oxygen atoms in total. The Kier molecular flexibility index (Phi) is 5.27. The first-order chi connectivity index (χ1) is 12.2. The highest BCUT2D eigenvalue weighted by Gasteiger charge is 2.09. The molecule has 0 saturated heterocycles. The molecule has 3 rings (SSSR count). The van der Waals surface area contributed by atoms with E-state index < -0.39 is 0 Å². The molecule has 0 fully saturated rings. The minimum atomic E-state index is -0.146. The molecule has 25 heavy (non-hydrogen) atoms. The molecule has 0 bridgehead atoms. The van der Waals surface area contributed by atoms with E-state index in [9.17, 15) is 9.90 Å². The van der Waals surface area contributed by atoms with Gasteiger partial charge >= 0.3 is 0 Å². The Balaban J connectivity index is 1.74. The maximum Gasteiger partial charge on any atom is 0.189 e. The standard InChI is InChI=1S/C22H18O3/c23-19-10-6-9-17(15-19)13-14-21(24)20-11-4-5-12-22(20)25-16-18-7-2-1-3-8-18/h1-15,23H,16H2/b14-13-. The molecule has 3 aromatic rings. The lowest BCUT2D eigenvalue weighted by molar-refractivity contribution is 0.104. The summed E-state index contributed by atoms with van der Waals surface area (Å²) in [6.45, 7) is 0.404. The molecule has 0 heterocycles. The predicted octanol–water partition coefficient (Wildman–Crippen LogP) is 4.87. The highest BCUT2D eigenvalue weighted by molar-refractivity contribution is 6.08. The molecule has 0 aliphatic carbocycles. The minimum Gasteiger partial charge on any atom is -0.508 e. The maximum absolute atomic E-state index is 12.5. The van der Waals surface area contributed by atoms with Gasteiger partial charge in [0.1, 0.15) is 18.1 Å². The maximum atomic E-state index is 12.5. The number of para-hydroxylation sites is 1. The van der Waals surface area contributed by atoms with E-state index in [0.717, 1.165) is 11.1 Å². The Morgan fingerprint density at radius 3 is 2.48 bits per heavy atom. The van der Waals surface area contributed by atoms with Gasteiger partial charge in [-0.1, -0.05) is 60.7 Å². The lowest BCUT2D eigenvalue weighted by atomic mass is 10.1. The second-order valence-corrected chi connectivity index (χ2v) is 5.56. The van der Waals surface area contributed by atoms with E-state index in [4.69, 9.17) is 4.74 Å². The van der Waals surface area contributed by atoms with Gasteiger partial charge in [0, 0.05) is 0 Å². The Labute approximate surface area is 146 Å². The number of ketones is 1. The van der Waals surface area contributed by atoms with Gasteiger partial charge in [-0.15, -0.1) is 0 Å². The summed E-state index contributed by atoms with van der Waals surface area (Å²) in [6, 6.07) is 23.7. The van der Waals surface area contributed by atoms with Crippen LogP contribution in [0.3, 0.4) is 0 Å². The molecule has 3 aromatic carbocycles. The highest BCUT2D eigenvalue weighted by atomic mass is 16.5. The Bertz CT molecular complexity index is 883. The number of aromatic hydroxyl groups is 1. The summed E-state index contributed by atoms with van der Waals surface area (Å²) in [5.41, 5.74) is 2.31. The Hall–Kier alpha value is -3.33. The van der Waals surface area contributed by atoms with Crippen molar-refractivity contribution in [2.24, 2.45) is 0 Å². The molecule has 0 atom stereocenters. The van der Waals surface area contributed by atoms with Crippen molar-refractivity contribution >= 4 is 11.9 Å². The van der Waals surface area contributed by atoms with Gasteiger partial charge in [0.15, 0.2) is 5.78 Å². The summed E-state index contributed by atoms with van der Waals surface area (Å²) in [5.74, 6) is 0.574. The SMILES string of the molecule is O=C(/C=C\c1cccc(O)c1)c1ccccc1OCc1ccccc1. The number of rotatable bonds is 6. The molecule has 0 spiro atoms. The number of carbonyl (C=O) groups is 1. The first-order valence-corrected chi connectivity index (χ1v) is 7.99. The van der Waals surface area contributed by atoms with Gasteiger partial charge in [-0.2, -0.15) is 0 Å². The van der Waals surface area contributed by atoms with Crippen molar-refractivity contribution < 1.29 is 14.6 Å². The molecule has 0 aliphatic heterocycles. The smallest absolute Gasteiger partial charge is 0.189 e. The van der Waals surface area contributed by atoms with Crippen LogP contribution in [0, 0.1) is 0 Å². The molecule has 0 aromatic heterocycles. The zero-order valence-electron chi connectivity index (χ0n) is 13.6. The summed E-state index contributed by atoms with van der Waals surface area (Å²) >= 11 is 0. The van der Waals surface area contributed by atoms with Gasteiger partial charge in [0.05, 0.1) is 5.56 Å². The van der Waals surface area contributed by atoms with E-state index in [-0.39, 0.29) is 11.5 Å². The molecular formula is C22H18O3. The zero-order chi connectivity index (χ0) is 17.5. The van der Waals surface area contributed by atoms with Gasteiger partial charge < -0.3 is 9.84 Å². The normalized spacial score (nSPS) is 10.7. The van der Waals surface area contributed by atoms with Crippen LogP contribution < -0.4 is 4.74 Å². The molecule has 0 radical (unpaired) electrons. The van der Waals surface area contributed by atoms with Gasteiger partial charge in [0.25, 0.3) is 0 Å². The van der Waals surface area contributed by atoms with Gasteiger partial charge in [-0.05, 0) is 41.5 Å². The first kappa shape index (κ1) is 16.5. The summed E-state index contributed by atoms with van der Waals surface area (Å²) in [5, 5.41) is 9.48. The van der Waals surface area contributed by atoms with Crippen LogP contribution in [0.5, 0.6) is 11.5 Å². The Morgan fingerprint density at radius 1 is 0.920 bits per heavy atom. The van der Waals surface area contributed by atoms with Crippen molar-refractivity contribution in [3.05, 3.63) is 102 Å². The molecule has 3 heteroatoms. The largest absolute Gasteiger partial charge is 0.508 e.